The van der Waals surface area contributed by atoms with Crippen LogP contribution in [0, 0.1) is 0 Å². The smallest absolute Gasteiger partial charge is 0.0303 e. The Bertz CT molecular complexity index is 384. The lowest BCUT2D eigenvalue weighted by Gasteiger charge is -2.38. The average molecular weight is 274 g/mol. The van der Waals surface area contributed by atoms with E-state index in [0.717, 1.165) is 13.0 Å². The molecule has 2 rings (SSSR count). The molecular formula is C18H30N2. The van der Waals surface area contributed by atoms with E-state index < -0.39 is 0 Å². The summed E-state index contributed by atoms with van der Waals surface area (Å²) in [6, 6.07) is 11.5. The summed E-state index contributed by atoms with van der Waals surface area (Å²) in [6.07, 6.45) is 4.86. The van der Waals surface area contributed by atoms with Crippen LogP contribution in [-0.2, 0) is 6.42 Å². The lowest BCUT2D eigenvalue weighted by Crippen LogP contribution is -2.52. The molecule has 0 bridgehead atoms. The van der Waals surface area contributed by atoms with Gasteiger partial charge < -0.3 is 5.32 Å². The molecule has 0 aliphatic carbocycles. The molecule has 1 fully saturated rings. The Kier molecular flexibility index (Phi) is 5.62. The molecule has 2 heteroatoms. The quantitative estimate of drug-likeness (QED) is 0.884. The maximum atomic E-state index is 3.80. The molecule has 1 aliphatic heterocycles. The molecule has 1 aromatic carbocycles. The minimum Gasteiger partial charge on any atom is -0.310 e. The van der Waals surface area contributed by atoms with Gasteiger partial charge in [0.15, 0.2) is 0 Å². The van der Waals surface area contributed by atoms with E-state index in [2.05, 4.69) is 61.3 Å². The van der Waals surface area contributed by atoms with Crippen LogP contribution in [0.3, 0.4) is 0 Å². The fourth-order valence-corrected chi connectivity index (χ4v) is 3.34. The van der Waals surface area contributed by atoms with E-state index >= 15 is 0 Å². The summed E-state index contributed by atoms with van der Waals surface area (Å²) in [6.45, 7) is 10.6. The molecule has 0 saturated carbocycles. The van der Waals surface area contributed by atoms with E-state index in [1.807, 2.05) is 0 Å². The van der Waals surface area contributed by atoms with E-state index in [9.17, 15) is 0 Å². The van der Waals surface area contributed by atoms with E-state index in [1.165, 1.54) is 37.9 Å². The fraction of sp³-hybridized carbons (Fsp3) is 0.667. The molecule has 1 unspecified atom stereocenters. The van der Waals surface area contributed by atoms with Crippen molar-refractivity contribution >= 4 is 0 Å². The molecule has 1 N–H and O–H groups in total. The molecule has 112 valence electrons. The standard InChI is InChI=1S/C18H30N2/c1-4-18(5-2)15-20(13-9-12-19-18)16(3)14-17-10-7-6-8-11-17/h6-8,10-11,16,19H,4-5,9,12-15H2,1-3H3. The zero-order chi connectivity index (χ0) is 14.4. The molecule has 2 nitrogen and oxygen atoms in total. The number of hydrogen-bond acceptors (Lipinski definition) is 2. The van der Waals surface area contributed by atoms with Crippen molar-refractivity contribution in [3.63, 3.8) is 0 Å². The third-order valence-electron chi connectivity index (χ3n) is 4.98. The van der Waals surface area contributed by atoms with Crippen LogP contribution in [0.15, 0.2) is 30.3 Å². The van der Waals surface area contributed by atoms with Gasteiger partial charge in [0.1, 0.15) is 0 Å². The second-order valence-corrected chi connectivity index (χ2v) is 6.28. The van der Waals surface area contributed by atoms with Crippen LogP contribution in [-0.4, -0.2) is 36.1 Å². The Morgan fingerprint density at radius 3 is 2.55 bits per heavy atom. The van der Waals surface area contributed by atoms with Crippen molar-refractivity contribution in [3.8, 4) is 0 Å². The zero-order valence-corrected chi connectivity index (χ0v) is 13.4. The normalized spacial score (nSPS) is 21.4. The SMILES string of the molecule is CCC1(CC)CN(C(C)Cc2ccccc2)CCCN1. The van der Waals surface area contributed by atoms with Crippen molar-refractivity contribution in [3.05, 3.63) is 35.9 Å². The summed E-state index contributed by atoms with van der Waals surface area (Å²) >= 11 is 0. The number of benzene rings is 1. The van der Waals surface area contributed by atoms with Gasteiger partial charge in [0.2, 0.25) is 0 Å². The van der Waals surface area contributed by atoms with Crippen molar-refractivity contribution in [2.45, 2.75) is 58.0 Å². The number of nitrogens with zero attached hydrogens (tertiary/aromatic N) is 1. The van der Waals surface area contributed by atoms with Crippen LogP contribution in [0.4, 0.5) is 0 Å². The van der Waals surface area contributed by atoms with Gasteiger partial charge in [-0.15, -0.1) is 0 Å². The maximum Gasteiger partial charge on any atom is 0.0303 e. The third kappa shape index (κ3) is 3.83. The lowest BCUT2D eigenvalue weighted by molar-refractivity contribution is 0.156. The van der Waals surface area contributed by atoms with Crippen LogP contribution in [0.1, 0.15) is 45.6 Å². The molecule has 0 amide bonds. The summed E-state index contributed by atoms with van der Waals surface area (Å²) < 4.78 is 0. The van der Waals surface area contributed by atoms with E-state index in [1.54, 1.807) is 0 Å². The van der Waals surface area contributed by atoms with Gasteiger partial charge in [0.05, 0.1) is 0 Å². The number of nitrogens with one attached hydrogen (secondary N) is 1. The summed E-state index contributed by atoms with van der Waals surface area (Å²) in [5, 5.41) is 3.80. The zero-order valence-electron chi connectivity index (χ0n) is 13.4. The highest BCUT2D eigenvalue weighted by molar-refractivity contribution is 5.15. The number of rotatable bonds is 5. The topological polar surface area (TPSA) is 15.3 Å². The highest BCUT2D eigenvalue weighted by Gasteiger charge is 2.31. The predicted molar refractivity (Wildman–Crippen MR) is 87.1 cm³/mol. The highest BCUT2D eigenvalue weighted by atomic mass is 15.2. The summed E-state index contributed by atoms with van der Waals surface area (Å²) in [5.74, 6) is 0. The van der Waals surface area contributed by atoms with Crippen molar-refractivity contribution < 1.29 is 0 Å². The number of hydrogen-bond donors (Lipinski definition) is 1. The van der Waals surface area contributed by atoms with Crippen molar-refractivity contribution in [1.29, 1.82) is 0 Å². The highest BCUT2D eigenvalue weighted by Crippen LogP contribution is 2.22. The first-order chi connectivity index (χ1) is 9.69. The first-order valence-corrected chi connectivity index (χ1v) is 8.22. The predicted octanol–water partition coefficient (Wildman–Crippen LogP) is 3.47. The fourth-order valence-electron chi connectivity index (χ4n) is 3.34. The summed E-state index contributed by atoms with van der Waals surface area (Å²) in [5.41, 5.74) is 1.78. The van der Waals surface area contributed by atoms with E-state index in [-0.39, 0.29) is 0 Å². The monoisotopic (exact) mass is 274 g/mol. The van der Waals surface area contributed by atoms with E-state index in [0.29, 0.717) is 11.6 Å². The van der Waals surface area contributed by atoms with Gasteiger partial charge in [-0.3, -0.25) is 4.90 Å². The van der Waals surface area contributed by atoms with Crippen LogP contribution in [0.5, 0.6) is 0 Å². The van der Waals surface area contributed by atoms with Gasteiger partial charge in [-0.2, -0.15) is 0 Å². The lowest BCUT2D eigenvalue weighted by atomic mass is 9.91. The Morgan fingerprint density at radius 1 is 1.20 bits per heavy atom. The second-order valence-electron chi connectivity index (χ2n) is 6.28. The third-order valence-corrected chi connectivity index (χ3v) is 4.98. The Labute approximate surface area is 124 Å². The van der Waals surface area contributed by atoms with Crippen molar-refractivity contribution in [2.24, 2.45) is 0 Å². The van der Waals surface area contributed by atoms with Crippen molar-refractivity contribution in [2.75, 3.05) is 19.6 Å². The van der Waals surface area contributed by atoms with Gasteiger partial charge in [-0.25, -0.2) is 0 Å². The molecule has 1 aromatic rings. The first-order valence-electron chi connectivity index (χ1n) is 8.22. The van der Waals surface area contributed by atoms with Crippen LogP contribution >= 0.6 is 0 Å². The molecule has 0 aromatic heterocycles. The van der Waals surface area contributed by atoms with Gasteiger partial charge in [0.25, 0.3) is 0 Å². The Morgan fingerprint density at radius 2 is 1.90 bits per heavy atom. The minimum atomic E-state index is 0.321. The van der Waals surface area contributed by atoms with Crippen LogP contribution in [0.2, 0.25) is 0 Å². The Balaban J connectivity index is 2.02. The van der Waals surface area contributed by atoms with E-state index in [4.69, 9.17) is 0 Å². The summed E-state index contributed by atoms with van der Waals surface area (Å²) in [4.78, 5) is 2.69. The van der Waals surface area contributed by atoms with Crippen LogP contribution < -0.4 is 5.32 Å². The molecule has 0 spiro atoms. The second kappa shape index (κ2) is 7.24. The van der Waals surface area contributed by atoms with Gasteiger partial charge in [-0.1, -0.05) is 44.2 Å². The Hall–Kier alpha value is -0.860. The molecule has 1 saturated heterocycles. The molecule has 1 atom stereocenters. The maximum absolute atomic E-state index is 3.80. The minimum absolute atomic E-state index is 0.321. The molecule has 1 heterocycles. The average Bonchev–Trinajstić information content (AvgIpc) is 2.71. The molecule has 1 aliphatic rings. The first kappa shape index (κ1) is 15.5. The molecular weight excluding hydrogens is 244 g/mol. The summed E-state index contributed by atoms with van der Waals surface area (Å²) in [7, 11) is 0. The van der Waals surface area contributed by atoms with Gasteiger partial charge in [0, 0.05) is 18.1 Å². The largest absolute Gasteiger partial charge is 0.310 e. The molecule has 20 heavy (non-hydrogen) atoms. The van der Waals surface area contributed by atoms with Gasteiger partial charge in [-0.05, 0) is 51.3 Å². The van der Waals surface area contributed by atoms with Crippen LogP contribution in [0.25, 0.3) is 0 Å². The molecule has 0 radical (unpaired) electrons. The van der Waals surface area contributed by atoms with Gasteiger partial charge >= 0.3 is 0 Å². The van der Waals surface area contributed by atoms with Crippen molar-refractivity contribution in [1.82, 2.24) is 10.2 Å².